The molecule has 0 fully saturated rings. The first-order chi connectivity index (χ1) is 8.08. The minimum atomic E-state index is -0.349. The predicted molar refractivity (Wildman–Crippen MR) is 68.8 cm³/mol. The van der Waals surface area contributed by atoms with Crippen molar-refractivity contribution in [2.24, 2.45) is 5.73 Å². The molecule has 1 aliphatic heterocycles. The maximum absolute atomic E-state index is 11.6. The highest BCUT2D eigenvalue weighted by Gasteiger charge is 2.45. The van der Waals surface area contributed by atoms with Gasteiger partial charge in [0.05, 0.1) is 22.3 Å². The number of nitrogens with two attached hydrogens (primary N) is 1. The van der Waals surface area contributed by atoms with Crippen LogP contribution in [-0.2, 0) is 4.79 Å². The summed E-state index contributed by atoms with van der Waals surface area (Å²) in [5.74, 6) is -0.308. The first-order valence-corrected chi connectivity index (χ1v) is 6.58. The summed E-state index contributed by atoms with van der Waals surface area (Å²) < 4.78 is 1.57. The topological polar surface area (TPSA) is 60.9 Å². The minimum absolute atomic E-state index is 0.292. The van der Waals surface area contributed by atoms with Gasteiger partial charge in [-0.1, -0.05) is 37.3 Å². The molecule has 0 bridgehead atoms. The lowest BCUT2D eigenvalue weighted by atomic mass is 9.99. The van der Waals surface area contributed by atoms with Crippen LogP contribution in [0.4, 0.5) is 0 Å². The van der Waals surface area contributed by atoms with E-state index in [9.17, 15) is 4.79 Å². The van der Waals surface area contributed by atoms with Gasteiger partial charge >= 0.3 is 0 Å². The summed E-state index contributed by atoms with van der Waals surface area (Å²) in [5.41, 5.74) is 5.52. The number of amides is 1. The summed E-state index contributed by atoms with van der Waals surface area (Å²) in [6.07, 6.45) is 9.81. The zero-order valence-corrected chi connectivity index (χ0v) is 10.9. The molecule has 92 valence electrons. The van der Waals surface area contributed by atoms with E-state index in [0.717, 1.165) is 17.9 Å². The quantitative estimate of drug-likeness (QED) is 0.834. The number of fused-ring (bicyclic) bond motifs is 1. The Morgan fingerprint density at radius 3 is 3.18 bits per heavy atom. The van der Waals surface area contributed by atoms with E-state index in [0.29, 0.717) is 0 Å². The lowest BCUT2D eigenvalue weighted by molar-refractivity contribution is -0.121. The number of nitrogens with zero attached hydrogens (tertiary/aromatic N) is 2. The van der Waals surface area contributed by atoms with E-state index < -0.39 is 0 Å². The Labute approximate surface area is 105 Å². The minimum Gasteiger partial charge on any atom is -0.368 e. The molecule has 0 aliphatic carbocycles. The monoisotopic (exact) mass is 251 g/mol. The van der Waals surface area contributed by atoms with Gasteiger partial charge in [-0.2, -0.15) is 0 Å². The second kappa shape index (κ2) is 4.56. The number of imidazole rings is 1. The van der Waals surface area contributed by atoms with E-state index in [1.54, 1.807) is 24.3 Å². The molecule has 0 saturated heterocycles. The van der Waals surface area contributed by atoms with E-state index >= 15 is 0 Å². The molecule has 5 heteroatoms. The van der Waals surface area contributed by atoms with Crippen molar-refractivity contribution < 1.29 is 4.79 Å². The second-order valence-corrected chi connectivity index (χ2v) is 5.92. The highest BCUT2D eigenvalue weighted by atomic mass is 32.2. The van der Waals surface area contributed by atoms with Crippen LogP contribution in [0, 0.1) is 0 Å². The molecule has 0 radical (unpaired) electrons. The predicted octanol–water partition coefficient (Wildman–Crippen LogP) is 2.13. The lowest BCUT2D eigenvalue weighted by Crippen LogP contribution is -2.37. The Kier molecular flexibility index (Phi) is 3.28. The van der Waals surface area contributed by atoms with E-state index in [1.807, 2.05) is 11.5 Å². The van der Waals surface area contributed by atoms with Gasteiger partial charge in [0, 0.05) is 0 Å². The third-order valence-corrected chi connectivity index (χ3v) is 4.27. The molecule has 1 aromatic heterocycles. The van der Waals surface area contributed by atoms with Crippen LogP contribution in [-0.4, -0.2) is 20.2 Å². The summed E-state index contributed by atoms with van der Waals surface area (Å²) in [6.45, 7) is 4.18. The SMILES string of the molecule is CCC/C=C/C1(C)Sc2cncn2C1C(N)=O. The molecule has 0 saturated carbocycles. The number of primary amides is 1. The number of thioether (sulfide) groups is 1. The molecular weight excluding hydrogens is 234 g/mol. The number of carbonyl (C=O) groups is 1. The summed E-state index contributed by atoms with van der Waals surface area (Å²) in [5, 5.41) is 0.998. The van der Waals surface area contributed by atoms with Crippen LogP contribution in [0.5, 0.6) is 0 Å². The average molecular weight is 251 g/mol. The Balaban J connectivity index is 2.30. The van der Waals surface area contributed by atoms with Crippen molar-refractivity contribution in [1.82, 2.24) is 9.55 Å². The number of allylic oxidation sites excluding steroid dienone is 1. The Bertz CT molecular complexity index is 454. The molecule has 2 unspecified atom stereocenters. The molecule has 2 N–H and O–H groups in total. The number of unbranched alkanes of at least 4 members (excludes halogenated alkanes) is 1. The van der Waals surface area contributed by atoms with Gasteiger partial charge in [0.1, 0.15) is 6.04 Å². The van der Waals surface area contributed by atoms with Gasteiger partial charge < -0.3 is 10.3 Å². The van der Waals surface area contributed by atoms with E-state index in [-0.39, 0.29) is 16.7 Å². The lowest BCUT2D eigenvalue weighted by Gasteiger charge is -2.25. The summed E-state index contributed by atoms with van der Waals surface area (Å²) in [7, 11) is 0. The van der Waals surface area contributed by atoms with Crippen molar-refractivity contribution >= 4 is 17.7 Å². The highest BCUT2D eigenvalue weighted by Crippen LogP contribution is 2.49. The van der Waals surface area contributed by atoms with Crippen LogP contribution in [0.2, 0.25) is 0 Å². The first kappa shape index (κ1) is 12.2. The zero-order valence-electron chi connectivity index (χ0n) is 10.1. The third kappa shape index (κ3) is 2.11. The number of carbonyl (C=O) groups excluding carboxylic acids is 1. The largest absolute Gasteiger partial charge is 0.368 e. The molecule has 1 amide bonds. The van der Waals surface area contributed by atoms with Gasteiger partial charge in [-0.25, -0.2) is 4.98 Å². The normalized spacial score (nSPS) is 27.5. The molecule has 0 spiro atoms. The van der Waals surface area contributed by atoms with Crippen LogP contribution in [0.3, 0.4) is 0 Å². The van der Waals surface area contributed by atoms with Gasteiger partial charge in [-0.15, -0.1) is 0 Å². The first-order valence-electron chi connectivity index (χ1n) is 5.76. The van der Waals surface area contributed by atoms with Gasteiger partial charge in [-0.05, 0) is 13.3 Å². The van der Waals surface area contributed by atoms with E-state index in [2.05, 4.69) is 24.1 Å². The molecule has 1 aliphatic rings. The second-order valence-electron chi connectivity index (χ2n) is 4.42. The molecule has 4 nitrogen and oxygen atoms in total. The van der Waals surface area contributed by atoms with Gasteiger partial charge in [0.15, 0.2) is 0 Å². The van der Waals surface area contributed by atoms with Crippen molar-refractivity contribution in [1.29, 1.82) is 0 Å². The van der Waals surface area contributed by atoms with Crippen molar-refractivity contribution in [3.8, 4) is 0 Å². The van der Waals surface area contributed by atoms with Crippen LogP contribution in [0.1, 0.15) is 32.7 Å². The van der Waals surface area contributed by atoms with Crippen LogP contribution < -0.4 is 5.73 Å². The van der Waals surface area contributed by atoms with Crippen molar-refractivity contribution in [2.75, 3.05) is 0 Å². The van der Waals surface area contributed by atoms with Crippen molar-refractivity contribution in [2.45, 2.75) is 42.5 Å². The van der Waals surface area contributed by atoms with Crippen LogP contribution in [0.25, 0.3) is 0 Å². The van der Waals surface area contributed by atoms with Gasteiger partial charge in [-0.3, -0.25) is 4.79 Å². The third-order valence-electron chi connectivity index (χ3n) is 2.95. The number of aromatic nitrogens is 2. The molecule has 2 atom stereocenters. The van der Waals surface area contributed by atoms with Crippen LogP contribution in [0.15, 0.2) is 29.7 Å². The Morgan fingerprint density at radius 1 is 1.76 bits per heavy atom. The molecule has 2 heterocycles. The summed E-state index contributed by atoms with van der Waals surface area (Å²) in [6, 6.07) is -0.349. The molecule has 0 aromatic carbocycles. The zero-order chi connectivity index (χ0) is 12.5. The van der Waals surface area contributed by atoms with E-state index in [4.69, 9.17) is 5.73 Å². The fourth-order valence-electron chi connectivity index (χ4n) is 2.15. The van der Waals surface area contributed by atoms with E-state index in [1.165, 1.54) is 0 Å². The maximum Gasteiger partial charge on any atom is 0.242 e. The molecular formula is C12H17N3OS. The average Bonchev–Trinajstić information content (AvgIpc) is 2.75. The highest BCUT2D eigenvalue weighted by molar-refractivity contribution is 8.01. The maximum atomic E-state index is 11.6. The fraction of sp³-hybridized carbons (Fsp3) is 0.500. The Morgan fingerprint density at radius 2 is 2.53 bits per heavy atom. The fourth-order valence-corrected chi connectivity index (χ4v) is 3.48. The van der Waals surface area contributed by atoms with Crippen molar-refractivity contribution in [3.05, 3.63) is 24.7 Å². The molecule has 1 aromatic rings. The number of hydrogen-bond acceptors (Lipinski definition) is 3. The van der Waals surface area contributed by atoms with Gasteiger partial charge in [0.25, 0.3) is 0 Å². The molecule has 17 heavy (non-hydrogen) atoms. The number of rotatable bonds is 4. The van der Waals surface area contributed by atoms with Gasteiger partial charge in [0.2, 0.25) is 5.91 Å². The van der Waals surface area contributed by atoms with Crippen LogP contribution >= 0.6 is 11.8 Å². The molecule has 2 rings (SSSR count). The standard InChI is InChI=1S/C12H17N3OS/c1-3-4-5-6-12(2)10(11(13)16)15-8-14-7-9(15)17-12/h5-8,10H,3-4H2,1-2H3,(H2,13,16)/b6-5+. The van der Waals surface area contributed by atoms with Crippen molar-refractivity contribution in [3.63, 3.8) is 0 Å². The summed E-state index contributed by atoms with van der Waals surface area (Å²) in [4.78, 5) is 15.7. The summed E-state index contributed by atoms with van der Waals surface area (Å²) >= 11 is 1.64. The Hall–Kier alpha value is -1.23. The smallest absolute Gasteiger partial charge is 0.242 e. The number of hydrogen-bond donors (Lipinski definition) is 1.